The number of carbonyl (C=O) groups is 1. The fourth-order valence-corrected chi connectivity index (χ4v) is 5.36. The average Bonchev–Trinajstić information content (AvgIpc) is 3.51. The van der Waals surface area contributed by atoms with Crippen LogP contribution in [0.2, 0.25) is 0 Å². The van der Waals surface area contributed by atoms with Gasteiger partial charge in [-0.25, -0.2) is 18.4 Å². The number of aryl methyl sites for hydroxylation is 1. The zero-order valence-electron chi connectivity index (χ0n) is 22.1. The summed E-state index contributed by atoms with van der Waals surface area (Å²) in [5.41, 5.74) is 11.9. The number of aromatic nitrogens is 5. The van der Waals surface area contributed by atoms with Crippen LogP contribution in [0.15, 0.2) is 48.8 Å². The number of halogens is 2. The van der Waals surface area contributed by atoms with Crippen LogP contribution in [-0.2, 0) is 13.0 Å². The van der Waals surface area contributed by atoms with Crippen LogP contribution in [0.4, 0.5) is 14.6 Å². The van der Waals surface area contributed by atoms with Crippen molar-refractivity contribution in [2.75, 3.05) is 25.4 Å². The monoisotopic (exact) mass is 556 g/mol. The third kappa shape index (κ3) is 4.41. The first-order valence-electron chi connectivity index (χ1n) is 13.3. The number of anilines is 1. The Bertz CT molecular complexity index is 1810. The number of nitrogens with two attached hydrogens (primary N) is 1. The topological polar surface area (TPSA) is 127 Å². The first-order chi connectivity index (χ1) is 19.9. The van der Waals surface area contributed by atoms with Gasteiger partial charge in [0.15, 0.2) is 11.6 Å². The van der Waals surface area contributed by atoms with Crippen molar-refractivity contribution in [3.05, 3.63) is 88.5 Å². The minimum atomic E-state index is -0.839. The Labute approximate surface area is 233 Å². The van der Waals surface area contributed by atoms with Gasteiger partial charge in [0, 0.05) is 50.4 Å². The number of nitrogens with one attached hydrogen (secondary N) is 2. The van der Waals surface area contributed by atoms with Gasteiger partial charge < -0.3 is 20.8 Å². The summed E-state index contributed by atoms with van der Waals surface area (Å²) < 4.78 is 34.7. The number of ketones is 1. The number of para-hydroxylation sites is 1. The molecular weight excluding hydrogens is 530 g/mol. The zero-order chi connectivity index (χ0) is 28.2. The van der Waals surface area contributed by atoms with Gasteiger partial charge in [-0.2, -0.15) is 5.10 Å². The van der Waals surface area contributed by atoms with E-state index in [4.69, 9.17) is 15.5 Å². The highest BCUT2D eigenvalue weighted by Crippen LogP contribution is 2.30. The second kappa shape index (κ2) is 9.75. The van der Waals surface area contributed by atoms with Gasteiger partial charge in [0.25, 0.3) is 0 Å². The molecule has 41 heavy (non-hydrogen) atoms. The highest BCUT2D eigenvalue weighted by Gasteiger charge is 2.29. The number of nitrogen functional groups attached to an aromatic ring is 1. The number of fused-ring (bicyclic) bond motifs is 2. The number of aromatic amines is 1. The van der Waals surface area contributed by atoms with E-state index in [1.54, 1.807) is 13.0 Å². The Morgan fingerprint density at radius 1 is 1.15 bits per heavy atom. The zero-order valence-corrected chi connectivity index (χ0v) is 22.1. The lowest BCUT2D eigenvalue weighted by atomic mass is 10.0. The number of pyridine rings is 2. The van der Waals surface area contributed by atoms with Crippen molar-refractivity contribution in [3.63, 3.8) is 0 Å². The van der Waals surface area contributed by atoms with E-state index in [2.05, 4.69) is 31.3 Å². The summed E-state index contributed by atoms with van der Waals surface area (Å²) in [5.74, 6) is -2.41. The second-order valence-corrected chi connectivity index (χ2v) is 10.4. The maximum atomic E-state index is 14.0. The molecule has 6 heterocycles. The van der Waals surface area contributed by atoms with E-state index in [1.165, 1.54) is 34.8 Å². The van der Waals surface area contributed by atoms with Crippen LogP contribution in [0.3, 0.4) is 0 Å². The number of benzene rings is 1. The average molecular weight is 557 g/mol. The number of rotatable bonds is 6. The van der Waals surface area contributed by atoms with E-state index < -0.39 is 17.4 Å². The van der Waals surface area contributed by atoms with Crippen LogP contribution < -0.4 is 15.8 Å². The molecule has 10 nitrogen and oxygen atoms in total. The van der Waals surface area contributed by atoms with Crippen LogP contribution in [0.25, 0.3) is 16.7 Å². The molecule has 0 atom stereocenters. The molecule has 12 heteroatoms. The molecule has 4 N–H and O–H groups in total. The molecule has 1 aromatic carbocycles. The van der Waals surface area contributed by atoms with E-state index in [0.29, 0.717) is 23.0 Å². The maximum Gasteiger partial charge on any atom is 0.219 e. The number of ether oxygens (including phenoxy) is 1. The fraction of sp³-hybridized carbons (Fsp3) is 0.241. The van der Waals surface area contributed by atoms with E-state index in [1.807, 2.05) is 0 Å². The van der Waals surface area contributed by atoms with Crippen molar-refractivity contribution < 1.29 is 18.3 Å². The van der Waals surface area contributed by atoms with Crippen molar-refractivity contribution in [2.24, 2.45) is 0 Å². The first kappa shape index (κ1) is 25.3. The predicted molar refractivity (Wildman–Crippen MR) is 147 cm³/mol. The molecular formula is C29H26F2N8O2. The molecule has 5 aromatic rings. The van der Waals surface area contributed by atoms with Gasteiger partial charge in [-0.3, -0.25) is 14.7 Å². The highest BCUT2D eigenvalue weighted by atomic mass is 19.1. The predicted octanol–water partition coefficient (Wildman–Crippen LogP) is 3.67. The van der Waals surface area contributed by atoms with Gasteiger partial charge in [-0.05, 0) is 42.3 Å². The standard InChI is InChI=1S/C29H26F2N8O2/c1-15-7-26(41-28-19(30)3-2-4-20(28)31)34-13-25(15)39-29(32)18(12-35-39)27(40)24-9-23-22(37-24)8-16-14-38(17-10-33-11-17)6-5-21(16)36-23/h2-4,7-9,12-13,17,33,37H,5-6,10-11,14,32H2,1H3. The SMILES string of the molecule is Cc1cc(Oc2c(F)cccc2F)ncc1-n1ncc(C(=O)c2cc3nc4c(cc3[nH]2)CN(C2CNC2)CC4)c1N. The summed E-state index contributed by atoms with van der Waals surface area (Å²) in [4.78, 5) is 28.2. The van der Waals surface area contributed by atoms with E-state index >= 15 is 0 Å². The van der Waals surface area contributed by atoms with Crippen LogP contribution in [0, 0.1) is 18.6 Å². The molecule has 1 fully saturated rings. The third-order valence-corrected chi connectivity index (χ3v) is 7.76. The van der Waals surface area contributed by atoms with Crippen molar-refractivity contribution in [3.8, 4) is 17.3 Å². The van der Waals surface area contributed by atoms with Gasteiger partial charge in [0.1, 0.15) is 5.82 Å². The molecule has 0 unspecified atom stereocenters. The number of carbonyl (C=O) groups excluding carboxylic acids is 1. The normalized spacial score (nSPS) is 15.6. The molecule has 2 aliphatic heterocycles. The lowest BCUT2D eigenvalue weighted by Gasteiger charge is -2.40. The number of H-pyrrole nitrogens is 1. The molecule has 4 aromatic heterocycles. The van der Waals surface area contributed by atoms with Crippen molar-refractivity contribution >= 4 is 22.6 Å². The van der Waals surface area contributed by atoms with Gasteiger partial charge in [-0.15, -0.1) is 0 Å². The van der Waals surface area contributed by atoms with Gasteiger partial charge in [0.05, 0.1) is 40.4 Å². The molecule has 0 bridgehead atoms. The van der Waals surface area contributed by atoms with Crippen molar-refractivity contribution in [2.45, 2.75) is 25.9 Å². The fourth-order valence-electron chi connectivity index (χ4n) is 5.36. The van der Waals surface area contributed by atoms with Crippen molar-refractivity contribution in [1.82, 2.24) is 34.9 Å². The molecule has 0 radical (unpaired) electrons. The first-order valence-corrected chi connectivity index (χ1v) is 13.3. The lowest BCUT2D eigenvalue weighted by Crippen LogP contribution is -2.58. The van der Waals surface area contributed by atoms with Crippen LogP contribution in [-0.4, -0.2) is 61.1 Å². The summed E-state index contributed by atoms with van der Waals surface area (Å²) in [6.07, 6.45) is 3.70. The summed E-state index contributed by atoms with van der Waals surface area (Å²) in [5, 5.41) is 7.65. The Kier molecular flexibility index (Phi) is 6.02. The maximum absolute atomic E-state index is 14.0. The minimum absolute atomic E-state index is 0.00183. The third-order valence-electron chi connectivity index (χ3n) is 7.76. The summed E-state index contributed by atoms with van der Waals surface area (Å²) in [6, 6.07) is 9.36. The number of hydrogen-bond donors (Lipinski definition) is 3. The quantitative estimate of drug-likeness (QED) is 0.271. The second-order valence-electron chi connectivity index (χ2n) is 10.4. The Morgan fingerprint density at radius 2 is 1.95 bits per heavy atom. The molecule has 1 saturated heterocycles. The summed E-state index contributed by atoms with van der Waals surface area (Å²) in [7, 11) is 0. The lowest BCUT2D eigenvalue weighted by molar-refractivity contribution is 0.103. The molecule has 7 rings (SSSR count). The Balaban J connectivity index is 1.14. The Hall–Kier alpha value is -4.68. The summed E-state index contributed by atoms with van der Waals surface area (Å²) >= 11 is 0. The summed E-state index contributed by atoms with van der Waals surface area (Å²) in [6.45, 7) is 5.60. The van der Waals surface area contributed by atoms with E-state index in [9.17, 15) is 13.6 Å². The van der Waals surface area contributed by atoms with Crippen LogP contribution in [0.1, 0.15) is 32.9 Å². The van der Waals surface area contributed by atoms with Gasteiger partial charge in [0.2, 0.25) is 17.4 Å². The number of hydrogen-bond acceptors (Lipinski definition) is 8. The molecule has 0 aliphatic carbocycles. The molecule has 0 amide bonds. The molecule has 2 aliphatic rings. The van der Waals surface area contributed by atoms with Crippen LogP contribution in [0.5, 0.6) is 11.6 Å². The van der Waals surface area contributed by atoms with Crippen LogP contribution >= 0.6 is 0 Å². The molecule has 0 spiro atoms. The largest absolute Gasteiger partial charge is 0.433 e. The van der Waals surface area contributed by atoms with E-state index in [0.717, 1.165) is 61.5 Å². The minimum Gasteiger partial charge on any atom is -0.433 e. The molecule has 208 valence electrons. The smallest absolute Gasteiger partial charge is 0.219 e. The van der Waals surface area contributed by atoms with Gasteiger partial charge in [-0.1, -0.05) is 6.07 Å². The van der Waals surface area contributed by atoms with E-state index in [-0.39, 0.29) is 23.0 Å². The molecule has 0 saturated carbocycles. The highest BCUT2D eigenvalue weighted by molar-refractivity contribution is 6.12. The van der Waals surface area contributed by atoms with Gasteiger partial charge >= 0.3 is 0 Å². The van der Waals surface area contributed by atoms with Crippen molar-refractivity contribution in [1.29, 1.82) is 0 Å². The number of nitrogens with zero attached hydrogens (tertiary/aromatic N) is 5. The Morgan fingerprint density at radius 3 is 2.68 bits per heavy atom.